The summed E-state index contributed by atoms with van der Waals surface area (Å²) in [5.74, 6) is 0.169. The molecule has 2 rings (SSSR count). The number of hydrogen-bond acceptors (Lipinski definition) is 1. The van der Waals surface area contributed by atoms with Crippen LogP contribution in [0.3, 0.4) is 0 Å². The Morgan fingerprint density at radius 3 is 2.50 bits per heavy atom. The summed E-state index contributed by atoms with van der Waals surface area (Å²) in [6.07, 6.45) is 2.76. The molecule has 0 spiro atoms. The second-order valence-corrected chi connectivity index (χ2v) is 10.5. The Hall–Kier alpha value is -0.573. The monoisotopic (exact) mass is 280 g/mol. The minimum atomic E-state index is -1.64. The predicted octanol–water partition coefficient (Wildman–Crippen LogP) is 3.42. The highest BCUT2D eigenvalue weighted by molar-refractivity contribution is 6.94. The third-order valence-electron chi connectivity index (χ3n) is 3.85. The maximum absolute atomic E-state index is 9.92. The van der Waals surface area contributed by atoms with Gasteiger partial charge in [0.25, 0.3) is 0 Å². The molecule has 1 aromatic carbocycles. The van der Waals surface area contributed by atoms with E-state index in [9.17, 15) is 5.11 Å². The lowest BCUT2D eigenvalue weighted by molar-refractivity contribution is 0.151. The largest absolute Gasteiger partial charge is 0.392 e. The molecule has 1 aliphatic carbocycles. The Labute approximate surface area is 115 Å². The molecular formula is C15H21ClOSi. The fourth-order valence-corrected chi connectivity index (χ4v) is 5.86. The third-order valence-corrected chi connectivity index (χ3v) is 7.28. The molecule has 98 valence electrons. The van der Waals surface area contributed by atoms with E-state index in [4.69, 9.17) is 11.6 Å². The zero-order chi connectivity index (χ0) is 13.2. The summed E-state index contributed by atoms with van der Waals surface area (Å²) in [6.45, 7) is 4.60. The molecule has 18 heavy (non-hydrogen) atoms. The summed E-state index contributed by atoms with van der Waals surface area (Å²) in [4.78, 5) is 0. The number of rotatable bonds is 3. The fraction of sp³-hybridized carbons (Fsp3) is 0.467. The molecule has 1 aromatic rings. The minimum absolute atomic E-state index is 0.169. The van der Waals surface area contributed by atoms with Crippen molar-refractivity contribution in [2.24, 2.45) is 5.92 Å². The Balaban J connectivity index is 2.20. The summed E-state index contributed by atoms with van der Waals surface area (Å²) >= 11 is 6.45. The van der Waals surface area contributed by atoms with Crippen LogP contribution in [0.1, 0.15) is 19.3 Å². The van der Waals surface area contributed by atoms with Crippen LogP contribution >= 0.6 is 11.6 Å². The van der Waals surface area contributed by atoms with Crippen LogP contribution in [0, 0.1) is 5.92 Å². The predicted molar refractivity (Wildman–Crippen MR) is 80.8 cm³/mol. The van der Waals surface area contributed by atoms with Crippen LogP contribution in [0.4, 0.5) is 0 Å². The van der Waals surface area contributed by atoms with Gasteiger partial charge in [0.15, 0.2) is 0 Å². The summed E-state index contributed by atoms with van der Waals surface area (Å²) in [7, 11) is -1.64. The van der Waals surface area contributed by atoms with Crippen molar-refractivity contribution in [1.82, 2.24) is 0 Å². The molecule has 1 N–H and O–H groups in total. The van der Waals surface area contributed by atoms with Crippen LogP contribution in [0.25, 0.3) is 0 Å². The molecule has 0 aliphatic heterocycles. The molecule has 0 heterocycles. The minimum Gasteiger partial charge on any atom is -0.392 e. The van der Waals surface area contributed by atoms with Crippen molar-refractivity contribution in [2.75, 3.05) is 0 Å². The number of aliphatic hydroxyl groups is 1. The van der Waals surface area contributed by atoms with Gasteiger partial charge in [-0.05, 0) is 12.8 Å². The lowest BCUT2D eigenvalue weighted by Crippen LogP contribution is -2.40. The average molecular weight is 281 g/mol. The molecular weight excluding hydrogens is 260 g/mol. The van der Waals surface area contributed by atoms with Crippen molar-refractivity contribution in [3.05, 3.63) is 41.1 Å². The first-order chi connectivity index (χ1) is 8.50. The molecule has 3 heteroatoms. The lowest BCUT2D eigenvalue weighted by Gasteiger charge is -2.22. The second kappa shape index (κ2) is 5.60. The molecule has 2 unspecified atom stereocenters. The standard InChI is InChI=1S/C15H21ClOSi/c1-18(2,12-7-4-3-5-8-12)11-14(16)13-9-6-10-15(13)17/h3-5,7-8,11,13,15,17H,6,9-10H2,1-2H3/b14-11+. The van der Waals surface area contributed by atoms with E-state index in [2.05, 4.69) is 43.1 Å². The van der Waals surface area contributed by atoms with Gasteiger partial charge in [0.1, 0.15) is 8.07 Å². The molecule has 0 aromatic heterocycles. The SMILES string of the molecule is C[Si](C)(/C=C(/Cl)C1CCCC1O)c1ccccc1. The highest BCUT2D eigenvalue weighted by atomic mass is 35.5. The quantitative estimate of drug-likeness (QED) is 0.841. The first-order valence-corrected chi connectivity index (χ1v) is 10.1. The molecule has 0 saturated heterocycles. The highest BCUT2D eigenvalue weighted by Crippen LogP contribution is 2.34. The van der Waals surface area contributed by atoms with Gasteiger partial charge in [-0.3, -0.25) is 0 Å². The molecule has 2 atom stereocenters. The summed E-state index contributed by atoms with van der Waals surface area (Å²) in [5.41, 5.74) is 2.24. The van der Waals surface area contributed by atoms with E-state index in [1.54, 1.807) is 0 Å². The Kier molecular flexibility index (Phi) is 4.31. The molecule has 0 bridgehead atoms. The number of halogens is 1. The van der Waals surface area contributed by atoms with Gasteiger partial charge in [-0.2, -0.15) is 0 Å². The zero-order valence-electron chi connectivity index (χ0n) is 11.1. The molecule has 1 aliphatic rings. The summed E-state index contributed by atoms with van der Waals surface area (Å²) in [5, 5.41) is 12.2. The van der Waals surface area contributed by atoms with Crippen molar-refractivity contribution in [3.8, 4) is 0 Å². The van der Waals surface area contributed by atoms with Crippen LogP contribution in [-0.2, 0) is 0 Å². The number of aliphatic hydroxyl groups excluding tert-OH is 1. The topological polar surface area (TPSA) is 20.2 Å². The summed E-state index contributed by atoms with van der Waals surface area (Å²) < 4.78 is 0. The maximum Gasteiger partial charge on any atom is 0.105 e. The fourth-order valence-electron chi connectivity index (χ4n) is 2.66. The van der Waals surface area contributed by atoms with Crippen LogP contribution in [0.2, 0.25) is 13.1 Å². The van der Waals surface area contributed by atoms with Gasteiger partial charge >= 0.3 is 0 Å². The third kappa shape index (κ3) is 3.05. The van der Waals surface area contributed by atoms with Crippen molar-refractivity contribution >= 4 is 24.9 Å². The maximum atomic E-state index is 9.92. The van der Waals surface area contributed by atoms with Gasteiger partial charge in [-0.1, -0.05) is 72.3 Å². The van der Waals surface area contributed by atoms with E-state index in [0.717, 1.165) is 24.3 Å². The van der Waals surface area contributed by atoms with Crippen molar-refractivity contribution in [1.29, 1.82) is 0 Å². The van der Waals surface area contributed by atoms with Crippen molar-refractivity contribution < 1.29 is 5.11 Å². The van der Waals surface area contributed by atoms with Gasteiger partial charge < -0.3 is 5.11 Å². The molecule has 1 nitrogen and oxygen atoms in total. The van der Waals surface area contributed by atoms with Crippen molar-refractivity contribution in [2.45, 2.75) is 38.5 Å². The lowest BCUT2D eigenvalue weighted by atomic mass is 10.1. The van der Waals surface area contributed by atoms with Gasteiger partial charge in [-0.15, -0.1) is 0 Å². The average Bonchev–Trinajstić information content (AvgIpc) is 2.76. The Bertz CT molecular complexity index is 427. The number of hydrogen-bond donors (Lipinski definition) is 1. The first-order valence-electron chi connectivity index (χ1n) is 6.62. The van der Waals surface area contributed by atoms with Crippen LogP contribution in [-0.4, -0.2) is 19.3 Å². The van der Waals surface area contributed by atoms with Gasteiger partial charge in [0, 0.05) is 11.0 Å². The van der Waals surface area contributed by atoms with E-state index >= 15 is 0 Å². The molecule has 1 fully saturated rings. The molecule has 0 amide bonds. The molecule has 1 saturated carbocycles. The van der Waals surface area contributed by atoms with E-state index in [0.29, 0.717) is 0 Å². The Morgan fingerprint density at radius 2 is 1.94 bits per heavy atom. The van der Waals surface area contributed by atoms with Crippen LogP contribution in [0.15, 0.2) is 41.1 Å². The van der Waals surface area contributed by atoms with E-state index < -0.39 is 8.07 Å². The van der Waals surface area contributed by atoms with Gasteiger partial charge in [-0.25, -0.2) is 0 Å². The van der Waals surface area contributed by atoms with Gasteiger partial charge in [0.05, 0.1) is 6.10 Å². The van der Waals surface area contributed by atoms with E-state index in [1.807, 2.05) is 6.07 Å². The molecule has 0 radical (unpaired) electrons. The van der Waals surface area contributed by atoms with Crippen LogP contribution < -0.4 is 5.19 Å². The smallest absolute Gasteiger partial charge is 0.105 e. The van der Waals surface area contributed by atoms with Gasteiger partial charge in [0.2, 0.25) is 0 Å². The highest BCUT2D eigenvalue weighted by Gasteiger charge is 2.30. The zero-order valence-corrected chi connectivity index (χ0v) is 12.8. The van der Waals surface area contributed by atoms with E-state index in [-0.39, 0.29) is 12.0 Å². The van der Waals surface area contributed by atoms with Crippen molar-refractivity contribution in [3.63, 3.8) is 0 Å². The Morgan fingerprint density at radius 1 is 1.28 bits per heavy atom. The number of benzene rings is 1. The normalized spacial score (nSPS) is 25.4. The summed E-state index contributed by atoms with van der Waals surface area (Å²) in [6, 6.07) is 10.6. The first kappa shape index (κ1) is 13.8. The second-order valence-electron chi connectivity index (χ2n) is 5.72. The van der Waals surface area contributed by atoms with E-state index in [1.165, 1.54) is 5.19 Å². The van der Waals surface area contributed by atoms with Crippen LogP contribution in [0.5, 0.6) is 0 Å².